The van der Waals surface area contributed by atoms with Crippen LogP contribution in [0.3, 0.4) is 0 Å². The fourth-order valence-electron chi connectivity index (χ4n) is 2.50. The third kappa shape index (κ3) is 7.70. The third-order valence-electron chi connectivity index (χ3n) is 3.83. The number of fused-ring (bicyclic) bond motifs is 1. The molecule has 6 heteroatoms. The van der Waals surface area contributed by atoms with Crippen LogP contribution < -0.4 is 16.4 Å². The quantitative estimate of drug-likeness (QED) is 0.307. The molecule has 4 N–H and O–H groups in total. The van der Waals surface area contributed by atoms with Crippen LogP contribution in [0.15, 0.2) is 42.5 Å². The van der Waals surface area contributed by atoms with Crippen molar-refractivity contribution in [3.8, 4) is 0 Å². The third-order valence-corrected chi connectivity index (χ3v) is 5.68. The topological polar surface area (TPSA) is 63.0 Å². The Morgan fingerprint density at radius 1 is 1.07 bits per heavy atom. The van der Waals surface area contributed by atoms with Crippen molar-refractivity contribution in [2.45, 2.75) is 33.6 Å². The number of rotatable bonds is 9. The standard InChI is InChI=1S/C19H24N4S2.C3H8/c1-14-2-7-17-18(12-14)25-19(23-17)21-10-8-15-3-5-16(6-4-15)22-13-24-11-9-20;1-3-2/h2-7,12,22H,8-11,13,20H2,1H3,(H,21,23);3H2,1-2H3. The second kappa shape index (κ2) is 12.6. The summed E-state index contributed by atoms with van der Waals surface area (Å²) in [6.07, 6.45) is 2.23. The molecule has 0 fully saturated rings. The number of aryl methyl sites for hydroxylation is 1. The molecule has 0 aliphatic rings. The van der Waals surface area contributed by atoms with Crippen LogP contribution in [-0.4, -0.2) is 29.7 Å². The SMILES string of the molecule is CCC.Cc1ccc2nc(NCCc3ccc(NCSCCN)cc3)sc2c1. The monoisotopic (exact) mass is 416 g/mol. The van der Waals surface area contributed by atoms with Gasteiger partial charge in [0, 0.05) is 24.5 Å². The molecule has 0 unspecified atom stereocenters. The average molecular weight is 417 g/mol. The molecule has 0 amide bonds. The number of thioether (sulfide) groups is 1. The Morgan fingerprint density at radius 3 is 2.54 bits per heavy atom. The van der Waals surface area contributed by atoms with Gasteiger partial charge in [-0.2, -0.15) is 0 Å². The largest absolute Gasteiger partial charge is 0.376 e. The number of hydrogen-bond acceptors (Lipinski definition) is 6. The summed E-state index contributed by atoms with van der Waals surface area (Å²) in [5.41, 5.74) is 10.3. The Kier molecular flexibility index (Phi) is 10.2. The summed E-state index contributed by atoms with van der Waals surface area (Å²) >= 11 is 3.53. The maximum absolute atomic E-state index is 5.49. The maximum Gasteiger partial charge on any atom is 0.183 e. The molecule has 0 atom stereocenters. The molecule has 0 spiro atoms. The van der Waals surface area contributed by atoms with E-state index in [4.69, 9.17) is 5.73 Å². The zero-order valence-corrected chi connectivity index (χ0v) is 18.8. The van der Waals surface area contributed by atoms with E-state index in [1.165, 1.54) is 22.2 Å². The summed E-state index contributed by atoms with van der Waals surface area (Å²) in [4.78, 5) is 4.63. The van der Waals surface area contributed by atoms with Crippen LogP contribution in [0.1, 0.15) is 31.4 Å². The molecule has 3 aromatic rings. The van der Waals surface area contributed by atoms with Gasteiger partial charge in [-0.05, 0) is 48.7 Å². The minimum atomic E-state index is 0.729. The first-order chi connectivity index (χ1) is 13.7. The number of nitrogens with zero attached hydrogens (tertiary/aromatic N) is 1. The molecular formula is C22H32N4S2. The summed E-state index contributed by atoms with van der Waals surface area (Å²) < 4.78 is 1.24. The van der Waals surface area contributed by atoms with E-state index in [0.29, 0.717) is 0 Å². The highest BCUT2D eigenvalue weighted by Crippen LogP contribution is 2.26. The fraction of sp³-hybridized carbons (Fsp3) is 0.409. The van der Waals surface area contributed by atoms with Gasteiger partial charge >= 0.3 is 0 Å². The first-order valence-electron chi connectivity index (χ1n) is 9.88. The van der Waals surface area contributed by atoms with Crippen molar-refractivity contribution in [3.05, 3.63) is 53.6 Å². The second-order valence-corrected chi connectivity index (χ2v) is 8.72. The van der Waals surface area contributed by atoms with Crippen LogP contribution in [-0.2, 0) is 6.42 Å². The summed E-state index contributed by atoms with van der Waals surface area (Å²) in [6.45, 7) is 7.98. The van der Waals surface area contributed by atoms with Gasteiger partial charge in [-0.3, -0.25) is 0 Å². The van der Waals surface area contributed by atoms with Crippen LogP contribution in [0.5, 0.6) is 0 Å². The molecule has 0 bridgehead atoms. The van der Waals surface area contributed by atoms with Gasteiger partial charge < -0.3 is 16.4 Å². The van der Waals surface area contributed by atoms with Gasteiger partial charge in [0.1, 0.15) is 0 Å². The van der Waals surface area contributed by atoms with Crippen LogP contribution in [0.25, 0.3) is 10.2 Å². The van der Waals surface area contributed by atoms with Gasteiger partial charge in [-0.1, -0.05) is 49.8 Å². The molecule has 0 saturated carbocycles. The van der Waals surface area contributed by atoms with Crippen LogP contribution in [0.4, 0.5) is 10.8 Å². The summed E-state index contributed by atoms with van der Waals surface area (Å²) in [5.74, 6) is 1.89. The van der Waals surface area contributed by atoms with Gasteiger partial charge in [0.2, 0.25) is 0 Å². The molecule has 4 nitrogen and oxygen atoms in total. The highest BCUT2D eigenvalue weighted by atomic mass is 32.2. The zero-order valence-electron chi connectivity index (χ0n) is 17.1. The van der Waals surface area contributed by atoms with Crippen molar-refractivity contribution in [2.75, 3.05) is 35.4 Å². The van der Waals surface area contributed by atoms with Crippen molar-refractivity contribution >= 4 is 44.1 Å². The highest BCUT2D eigenvalue weighted by molar-refractivity contribution is 7.99. The number of thiazole rings is 1. The Bertz CT molecular complexity index is 815. The van der Waals surface area contributed by atoms with E-state index in [0.717, 1.165) is 47.5 Å². The molecule has 0 aliphatic heterocycles. The molecule has 1 heterocycles. The summed E-state index contributed by atoms with van der Waals surface area (Å²) in [6, 6.07) is 15.0. The van der Waals surface area contributed by atoms with Crippen molar-refractivity contribution in [2.24, 2.45) is 5.73 Å². The van der Waals surface area contributed by atoms with Gasteiger partial charge in [-0.15, -0.1) is 11.8 Å². The maximum atomic E-state index is 5.49. The average Bonchev–Trinajstić information content (AvgIpc) is 3.09. The molecule has 0 aliphatic carbocycles. The van der Waals surface area contributed by atoms with Gasteiger partial charge in [-0.25, -0.2) is 4.98 Å². The predicted octanol–water partition coefficient (Wildman–Crippen LogP) is 5.74. The van der Waals surface area contributed by atoms with Gasteiger partial charge in [0.05, 0.1) is 16.1 Å². The minimum Gasteiger partial charge on any atom is -0.376 e. The van der Waals surface area contributed by atoms with E-state index >= 15 is 0 Å². The lowest BCUT2D eigenvalue weighted by Crippen LogP contribution is -2.06. The molecule has 28 heavy (non-hydrogen) atoms. The first-order valence-corrected chi connectivity index (χ1v) is 11.8. The first kappa shape index (κ1) is 22.5. The number of nitrogens with one attached hydrogen (secondary N) is 2. The molecule has 3 rings (SSSR count). The Labute approximate surface area is 177 Å². The van der Waals surface area contributed by atoms with Crippen molar-refractivity contribution in [1.82, 2.24) is 4.98 Å². The van der Waals surface area contributed by atoms with Crippen molar-refractivity contribution in [1.29, 1.82) is 0 Å². The lowest BCUT2D eigenvalue weighted by Gasteiger charge is -2.07. The number of benzene rings is 2. The van der Waals surface area contributed by atoms with Crippen LogP contribution in [0, 0.1) is 6.92 Å². The van der Waals surface area contributed by atoms with Gasteiger partial charge in [0.15, 0.2) is 5.13 Å². The van der Waals surface area contributed by atoms with Gasteiger partial charge in [0.25, 0.3) is 0 Å². The van der Waals surface area contributed by atoms with Crippen LogP contribution in [0.2, 0.25) is 0 Å². The molecule has 2 aromatic carbocycles. The number of nitrogens with two attached hydrogens (primary N) is 1. The molecule has 1 aromatic heterocycles. The lowest BCUT2D eigenvalue weighted by molar-refractivity contribution is 1.02. The Balaban J connectivity index is 0.000000878. The fourth-order valence-corrected chi connectivity index (χ4v) is 4.07. The predicted molar refractivity (Wildman–Crippen MR) is 129 cm³/mol. The highest BCUT2D eigenvalue weighted by Gasteiger charge is 2.03. The van der Waals surface area contributed by atoms with Crippen molar-refractivity contribution in [3.63, 3.8) is 0 Å². The summed E-state index contributed by atoms with van der Waals surface area (Å²) in [5, 5.41) is 7.83. The van der Waals surface area contributed by atoms with E-state index in [1.54, 1.807) is 11.3 Å². The van der Waals surface area contributed by atoms with E-state index < -0.39 is 0 Å². The van der Waals surface area contributed by atoms with Crippen LogP contribution >= 0.6 is 23.1 Å². The molecule has 152 valence electrons. The minimum absolute atomic E-state index is 0.729. The molecular weight excluding hydrogens is 384 g/mol. The number of aromatic nitrogens is 1. The lowest BCUT2D eigenvalue weighted by atomic mass is 10.1. The Morgan fingerprint density at radius 2 is 1.82 bits per heavy atom. The number of hydrogen-bond donors (Lipinski definition) is 3. The molecule has 0 radical (unpaired) electrons. The van der Waals surface area contributed by atoms with E-state index in [2.05, 4.69) is 78.9 Å². The smallest absolute Gasteiger partial charge is 0.183 e. The Hall–Kier alpha value is -1.76. The summed E-state index contributed by atoms with van der Waals surface area (Å²) in [7, 11) is 0. The second-order valence-electron chi connectivity index (χ2n) is 6.59. The van der Waals surface area contributed by atoms with E-state index in [9.17, 15) is 0 Å². The normalized spacial score (nSPS) is 10.4. The van der Waals surface area contributed by atoms with Crippen molar-refractivity contribution < 1.29 is 0 Å². The molecule has 0 saturated heterocycles. The van der Waals surface area contributed by atoms with E-state index in [1.807, 2.05) is 11.8 Å². The van der Waals surface area contributed by atoms with E-state index in [-0.39, 0.29) is 0 Å². The number of anilines is 2. The zero-order chi connectivity index (χ0) is 20.2.